The number of aliphatic hydroxyl groups is 1. The van der Waals surface area contributed by atoms with Crippen molar-refractivity contribution >= 4 is 0 Å². The number of aliphatic hydroxyl groups excluding tert-OH is 1. The maximum absolute atomic E-state index is 10.5. The van der Waals surface area contributed by atoms with Crippen molar-refractivity contribution in [3.8, 4) is 5.75 Å². The summed E-state index contributed by atoms with van der Waals surface area (Å²) in [7, 11) is 0. The molecular weight excluding hydrogens is 264 g/mol. The third-order valence-electron chi connectivity index (χ3n) is 4.82. The number of likely N-dealkylation sites (N-methyl/N-ethyl adjacent to an activating group) is 1. The van der Waals surface area contributed by atoms with E-state index in [0.29, 0.717) is 6.61 Å². The highest BCUT2D eigenvalue weighted by molar-refractivity contribution is 5.41. The molecule has 0 radical (unpaired) electrons. The molecule has 4 nitrogen and oxygen atoms in total. The molecule has 2 aliphatic heterocycles. The number of hydrogen-bond donors (Lipinski definition) is 1. The number of hydrogen-bond acceptors (Lipinski definition) is 4. The number of fused-ring (bicyclic) bond motifs is 1. The molecule has 2 unspecified atom stereocenters. The van der Waals surface area contributed by atoms with Crippen molar-refractivity contribution in [3.63, 3.8) is 0 Å². The minimum Gasteiger partial charge on any atom is -0.490 e. The van der Waals surface area contributed by atoms with Crippen molar-refractivity contribution in [2.45, 2.75) is 32.4 Å². The van der Waals surface area contributed by atoms with Gasteiger partial charge in [-0.3, -0.25) is 4.90 Å². The van der Waals surface area contributed by atoms with Crippen molar-refractivity contribution in [1.82, 2.24) is 9.80 Å². The first kappa shape index (κ1) is 14.8. The van der Waals surface area contributed by atoms with Crippen LogP contribution in [0.2, 0.25) is 0 Å². The van der Waals surface area contributed by atoms with Crippen LogP contribution in [0.4, 0.5) is 0 Å². The van der Waals surface area contributed by atoms with Crippen LogP contribution in [0.15, 0.2) is 18.2 Å². The monoisotopic (exact) mass is 290 g/mol. The van der Waals surface area contributed by atoms with E-state index in [2.05, 4.69) is 41.8 Å². The fraction of sp³-hybridized carbons (Fsp3) is 0.647. The van der Waals surface area contributed by atoms with Crippen molar-refractivity contribution in [1.29, 1.82) is 0 Å². The van der Waals surface area contributed by atoms with E-state index in [1.807, 2.05) is 0 Å². The highest BCUT2D eigenvalue weighted by Crippen LogP contribution is 2.37. The van der Waals surface area contributed by atoms with Crippen LogP contribution in [0.5, 0.6) is 5.75 Å². The fourth-order valence-electron chi connectivity index (χ4n) is 3.45. The molecule has 21 heavy (non-hydrogen) atoms. The maximum atomic E-state index is 10.5. The minimum absolute atomic E-state index is 0.0826. The molecule has 2 aliphatic rings. The summed E-state index contributed by atoms with van der Waals surface area (Å²) in [5.41, 5.74) is 2.47. The van der Waals surface area contributed by atoms with Crippen LogP contribution in [0, 0.1) is 0 Å². The van der Waals surface area contributed by atoms with Gasteiger partial charge in [0.2, 0.25) is 0 Å². The van der Waals surface area contributed by atoms with E-state index in [1.54, 1.807) is 0 Å². The summed E-state index contributed by atoms with van der Waals surface area (Å²) in [6.45, 7) is 10.1. The first-order chi connectivity index (χ1) is 10.2. The Hall–Kier alpha value is -1.10. The first-order valence-electron chi connectivity index (χ1n) is 8.13. The molecule has 2 heterocycles. The highest BCUT2D eigenvalue weighted by atomic mass is 16.5. The van der Waals surface area contributed by atoms with Gasteiger partial charge in [-0.25, -0.2) is 0 Å². The van der Waals surface area contributed by atoms with Gasteiger partial charge in [-0.05, 0) is 24.6 Å². The van der Waals surface area contributed by atoms with E-state index < -0.39 is 6.10 Å². The van der Waals surface area contributed by atoms with Crippen LogP contribution in [0.25, 0.3) is 0 Å². The standard InChI is InChI=1S/C17H26N2O2/c1-3-13-5-6-16-14(11-13)17(15(20)12-21-16)19-9-7-18(4-2)8-10-19/h5-6,11,15,17,20H,3-4,7-10,12H2,1-2H3. The number of benzene rings is 1. The van der Waals surface area contributed by atoms with Crippen molar-refractivity contribution in [2.75, 3.05) is 39.3 Å². The SMILES string of the molecule is CCc1ccc2c(c1)C(N1CCN(CC)CC1)C(O)CO2. The van der Waals surface area contributed by atoms with E-state index in [0.717, 1.165) is 50.5 Å². The molecule has 1 aromatic rings. The van der Waals surface area contributed by atoms with E-state index in [-0.39, 0.29) is 6.04 Å². The molecule has 4 heteroatoms. The van der Waals surface area contributed by atoms with Gasteiger partial charge < -0.3 is 14.7 Å². The van der Waals surface area contributed by atoms with Gasteiger partial charge in [0.05, 0.1) is 6.04 Å². The molecule has 3 rings (SSSR count). The van der Waals surface area contributed by atoms with Crippen LogP contribution in [0.3, 0.4) is 0 Å². The molecule has 1 saturated heterocycles. The summed E-state index contributed by atoms with van der Waals surface area (Å²) in [6.07, 6.45) is 0.581. The van der Waals surface area contributed by atoms with Crippen LogP contribution in [-0.2, 0) is 6.42 Å². The summed E-state index contributed by atoms with van der Waals surface area (Å²) >= 11 is 0. The summed E-state index contributed by atoms with van der Waals surface area (Å²) in [6, 6.07) is 6.49. The summed E-state index contributed by atoms with van der Waals surface area (Å²) in [4.78, 5) is 4.89. The lowest BCUT2D eigenvalue weighted by Crippen LogP contribution is -2.51. The summed E-state index contributed by atoms with van der Waals surface area (Å²) < 4.78 is 5.71. The number of nitrogens with zero attached hydrogens (tertiary/aromatic N) is 2. The van der Waals surface area contributed by atoms with Gasteiger partial charge in [-0.1, -0.05) is 26.0 Å². The summed E-state index contributed by atoms with van der Waals surface area (Å²) in [5, 5.41) is 10.5. The Labute approximate surface area is 127 Å². The molecule has 0 aliphatic carbocycles. The van der Waals surface area contributed by atoms with Gasteiger partial charge in [0.1, 0.15) is 18.5 Å². The molecule has 0 aromatic heterocycles. The Balaban J connectivity index is 1.85. The Morgan fingerprint density at radius 2 is 1.95 bits per heavy atom. The predicted molar refractivity (Wildman–Crippen MR) is 83.7 cm³/mol. The second-order valence-electron chi connectivity index (χ2n) is 6.02. The quantitative estimate of drug-likeness (QED) is 0.919. The van der Waals surface area contributed by atoms with Gasteiger partial charge >= 0.3 is 0 Å². The lowest BCUT2D eigenvalue weighted by atomic mass is 9.93. The van der Waals surface area contributed by atoms with Crippen LogP contribution < -0.4 is 4.74 Å². The van der Waals surface area contributed by atoms with Crippen molar-refractivity contribution in [3.05, 3.63) is 29.3 Å². The third kappa shape index (κ3) is 2.93. The van der Waals surface area contributed by atoms with Gasteiger partial charge in [-0.15, -0.1) is 0 Å². The Morgan fingerprint density at radius 1 is 1.19 bits per heavy atom. The molecule has 0 spiro atoms. The lowest BCUT2D eigenvalue weighted by Gasteiger charge is -2.43. The average Bonchev–Trinajstić information content (AvgIpc) is 2.54. The van der Waals surface area contributed by atoms with Crippen LogP contribution >= 0.6 is 0 Å². The first-order valence-corrected chi connectivity index (χ1v) is 8.13. The molecule has 0 amide bonds. The fourth-order valence-corrected chi connectivity index (χ4v) is 3.45. The van der Waals surface area contributed by atoms with Crippen LogP contribution in [0.1, 0.15) is 31.0 Å². The van der Waals surface area contributed by atoms with Crippen molar-refractivity contribution in [2.24, 2.45) is 0 Å². The van der Waals surface area contributed by atoms with E-state index >= 15 is 0 Å². The van der Waals surface area contributed by atoms with Crippen LogP contribution in [-0.4, -0.2) is 60.3 Å². The second-order valence-corrected chi connectivity index (χ2v) is 6.02. The van der Waals surface area contributed by atoms with Crippen molar-refractivity contribution < 1.29 is 9.84 Å². The lowest BCUT2D eigenvalue weighted by molar-refractivity contribution is -0.0174. The molecular formula is C17H26N2O2. The van der Waals surface area contributed by atoms with Gasteiger partial charge in [0.15, 0.2) is 0 Å². The Morgan fingerprint density at radius 3 is 2.62 bits per heavy atom. The summed E-state index contributed by atoms with van der Waals surface area (Å²) in [5.74, 6) is 0.945. The zero-order valence-corrected chi connectivity index (χ0v) is 13.1. The minimum atomic E-state index is -0.433. The molecule has 0 saturated carbocycles. The number of piperazine rings is 1. The zero-order valence-electron chi connectivity index (χ0n) is 13.1. The van der Waals surface area contributed by atoms with Gasteiger partial charge in [-0.2, -0.15) is 0 Å². The van der Waals surface area contributed by atoms with E-state index in [1.165, 1.54) is 5.56 Å². The number of ether oxygens (including phenoxy) is 1. The molecule has 1 N–H and O–H groups in total. The second kappa shape index (κ2) is 6.34. The highest BCUT2D eigenvalue weighted by Gasteiger charge is 2.35. The molecule has 2 atom stereocenters. The molecule has 1 fully saturated rings. The largest absolute Gasteiger partial charge is 0.490 e. The molecule has 1 aromatic carbocycles. The normalized spacial score (nSPS) is 27.2. The number of aryl methyl sites for hydroxylation is 1. The maximum Gasteiger partial charge on any atom is 0.124 e. The Kier molecular flexibility index (Phi) is 4.48. The third-order valence-corrected chi connectivity index (χ3v) is 4.82. The smallest absolute Gasteiger partial charge is 0.124 e. The predicted octanol–water partition coefficient (Wildman–Crippen LogP) is 1.68. The van der Waals surface area contributed by atoms with E-state index in [4.69, 9.17) is 4.74 Å². The van der Waals surface area contributed by atoms with Gasteiger partial charge in [0, 0.05) is 31.7 Å². The topological polar surface area (TPSA) is 35.9 Å². The molecule has 0 bridgehead atoms. The van der Waals surface area contributed by atoms with E-state index in [9.17, 15) is 5.11 Å². The average molecular weight is 290 g/mol. The number of rotatable bonds is 3. The van der Waals surface area contributed by atoms with Gasteiger partial charge in [0.25, 0.3) is 0 Å². The Bertz CT molecular complexity index is 484. The zero-order chi connectivity index (χ0) is 14.8. The molecule has 116 valence electrons.